The van der Waals surface area contributed by atoms with Crippen LogP contribution in [0.4, 0.5) is 20.3 Å². The van der Waals surface area contributed by atoms with Gasteiger partial charge < -0.3 is 9.64 Å². The molecule has 9 nitrogen and oxygen atoms in total. The molecule has 154 valence electrons. The molecule has 0 saturated heterocycles. The molecule has 0 aliphatic heterocycles. The lowest BCUT2D eigenvalue weighted by Crippen LogP contribution is -2.50. The Labute approximate surface area is 164 Å². The zero-order valence-corrected chi connectivity index (χ0v) is 15.8. The minimum Gasteiger partial charge on any atom is -0.460 e. The Hall–Kier alpha value is -2.43. The zero-order valence-electron chi connectivity index (χ0n) is 15.1. The molecule has 1 aliphatic rings. The molecule has 12 heteroatoms. The topological polar surface area (TPSA) is 116 Å². The number of ether oxygens (including phenoxy) is 1. The van der Waals surface area contributed by atoms with Crippen molar-refractivity contribution in [2.45, 2.75) is 51.0 Å². The van der Waals surface area contributed by atoms with E-state index in [1.54, 1.807) is 0 Å². The van der Waals surface area contributed by atoms with Crippen molar-refractivity contribution in [1.82, 2.24) is 9.97 Å². The molecule has 0 radical (unpaired) electrons. The van der Waals surface area contributed by atoms with E-state index in [-0.39, 0.29) is 11.9 Å². The lowest BCUT2D eigenvalue weighted by molar-refractivity contribution is -0.384. The second-order valence-electron chi connectivity index (χ2n) is 6.28. The van der Waals surface area contributed by atoms with E-state index >= 15 is 0 Å². The van der Waals surface area contributed by atoms with Crippen LogP contribution in [-0.2, 0) is 14.3 Å². The molecule has 0 aromatic carbocycles. The smallest absolute Gasteiger partial charge is 0.381 e. The van der Waals surface area contributed by atoms with Gasteiger partial charge in [0.15, 0.2) is 0 Å². The highest BCUT2D eigenvalue weighted by atomic mass is 35.5. The molecule has 1 aliphatic carbocycles. The van der Waals surface area contributed by atoms with Gasteiger partial charge in [-0.25, -0.2) is 9.78 Å². The minimum absolute atomic E-state index is 0.236. The van der Waals surface area contributed by atoms with Crippen molar-refractivity contribution in [2.24, 2.45) is 0 Å². The molecular formula is C16H19ClF2N4O5. The third-order valence-corrected chi connectivity index (χ3v) is 4.55. The van der Waals surface area contributed by atoms with Gasteiger partial charge in [-0.15, -0.1) is 0 Å². The molecule has 1 aromatic rings. The molecule has 2 rings (SSSR count). The summed E-state index contributed by atoms with van der Waals surface area (Å²) in [6, 6.07) is -0.528. The third-order valence-electron chi connectivity index (χ3n) is 4.37. The predicted octanol–water partition coefficient (Wildman–Crippen LogP) is 2.94. The van der Waals surface area contributed by atoms with E-state index in [0.717, 1.165) is 30.4 Å². The van der Waals surface area contributed by atoms with Crippen molar-refractivity contribution in [3.05, 3.63) is 21.6 Å². The highest BCUT2D eigenvalue weighted by molar-refractivity contribution is 6.36. The number of nitrogens with zero attached hydrogens (tertiary/aromatic N) is 4. The number of anilines is 1. The van der Waals surface area contributed by atoms with Gasteiger partial charge in [0.05, 0.1) is 18.1 Å². The molecule has 1 heterocycles. The molecule has 1 aromatic heterocycles. The predicted molar refractivity (Wildman–Crippen MR) is 94.5 cm³/mol. The molecule has 0 bridgehead atoms. The van der Waals surface area contributed by atoms with E-state index in [2.05, 4.69) is 14.7 Å². The average Bonchev–Trinajstić information content (AvgIpc) is 2.66. The molecule has 0 unspecified atom stereocenters. The normalized spacial score (nSPS) is 15.1. The van der Waals surface area contributed by atoms with Crippen LogP contribution in [0.15, 0.2) is 6.20 Å². The second kappa shape index (κ2) is 9.18. The molecule has 0 amide bonds. The fraction of sp³-hybridized carbons (Fsp3) is 0.625. The molecule has 28 heavy (non-hydrogen) atoms. The van der Waals surface area contributed by atoms with E-state index in [9.17, 15) is 28.5 Å². The number of aromatic nitrogens is 2. The number of alkyl halides is 2. The summed E-state index contributed by atoms with van der Waals surface area (Å²) in [7, 11) is 0. The maximum absolute atomic E-state index is 14.6. The van der Waals surface area contributed by atoms with Crippen LogP contribution in [0.3, 0.4) is 0 Å². The fourth-order valence-corrected chi connectivity index (χ4v) is 3.22. The molecule has 0 atom stereocenters. The average molecular weight is 421 g/mol. The van der Waals surface area contributed by atoms with Crippen molar-refractivity contribution in [3.63, 3.8) is 0 Å². The number of esters is 1. The number of carbonyl (C=O) groups excluding carboxylic acids is 2. The molecule has 1 saturated carbocycles. The highest BCUT2D eigenvalue weighted by Crippen LogP contribution is 2.34. The minimum atomic E-state index is -4.13. The Morgan fingerprint density at radius 3 is 2.61 bits per heavy atom. The van der Waals surface area contributed by atoms with Crippen LogP contribution in [0.1, 0.15) is 39.0 Å². The van der Waals surface area contributed by atoms with Crippen molar-refractivity contribution in [1.29, 1.82) is 0 Å². The van der Waals surface area contributed by atoms with Gasteiger partial charge in [0.25, 0.3) is 0 Å². The third kappa shape index (κ3) is 5.09. The van der Waals surface area contributed by atoms with Crippen molar-refractivity contribution >= 4 is 34.9 Å². The van der Waals surface area contributed by atoms with Gasteiger partial charge in [0.1, 0.15) is 6.20 Å². The fourth-order valence-electron chi connectivity index (χ4n) is 3.09. The Bertz CT molecular complexity index is 759. The van der Waals surface area contributed by atoms with Crippen LogP contribution >= 0.6 is 11.6 Å². The van der Waals surface area contributed by atoms with Gasteiger partial charge in [-0.3, -0.25) is 14.9 Å². The Balaban J connectivity index is 2.43. The SMILES string of the molecule is CCOC(=O)C(=O)C(F)(F)CN(c1nc(Cl)ncc1[N+](=O)[O-])C1CCCCC1. The molecule has 0 N–H and O–H groups in total. The first-order valence-corrected chi connectivity index (χ1v) is 9.08. The maximum Gasteiger partial charge on any atom is 0.381 e. The summed E-state index contributed by atoms with van der Waals surface area (Å²) >= 11 is 5.73. The number of hydrogen-bond donors (Lipinski definition) is 0. The Morgan fingerprint density at radius 2 is 2.04 bits per heavy atom. The highest BCUT2D eigenvalue weighted by Gasteiger charge is 2.48. The molecule has 1 fully saturated rings. The summed E-state index contributed by atoms with van der Waals surface area (Å²) in [5, 5.41) is 11.0. The summed E-state index contributed by atoms with van der Waals surface area (Å²) < 4.78 is 33.5. The second-order valence-corrected chi connectivity index (χ2v) is 6.62. The summed E-state index contributed by atoms with van der Waals surface area (Å²) in [5.41, 5.74) is -0.616. The zero-order chi connectivity index (χ0) is 20.9. The van der Waals surface area contributed by atoms with E-state index in [0.29, 0.717) is 12.8 Å². The first-order chi connectivity index (χ1) is 13.2. The van der Waals surface area contributed by atoms with Gasteiger partial charge in [-0.1, -0.05) is 19.3 Å². The first kappa shape index (κ1) is 21.9. The number of nitro groups is 1. The summed E-state index contributed by atoms with van der Waals surface area (Å²) in [6.45, 7) is -0.118. The lowest BCUT2D eigenvalue weighted by atomic mass is 9.93. The summed E-state index contributed by atoms with van der Waals surface area (Å²) in [6.07, 6.45) is 4.13. The van der Waals surface area contributed by atoms with Crippen molar-refractivity contribution in [2.75, 3.05) is 18.1 Å². The number of rotatable bonds is 8. The van der Waals surface area contributed by atoms with Gasteiger partial charge in [0.2, 0.25) is 11.1 Å². The van der Waals surface area contributed by atoms with Crippen LogP contribution in [0.2, 0.25) is 5.28 Å². The van der Waals surface area contributed by atoms with E-state index in [1.807, 2.05) is 0 Å². The monoisotopic (exact) mass is 420 g/mol. The number of halogens is 3. The molecule has 0 spiro atoms. The van der Waals surface area contributed by atoms with E-state index < -0.39 is 46.7 Å². The van der Waals surface area contributed by atoms with Crippen molar-refractivity contribution < 1.29 is 28.0 Å². The van der Waals surface area contributed by atoms with Crippen LogP contribution in [0.25, 0.3) is 0 Å². The van der Waals surface area contributed by atoms with Crippen LogP contribution in [0.5, 0.6) is 0 Å². The summed E-state index contributed by atoms with van der Waals surface area (Å²) in [4.78, 5) is 42.2. The Kier molecular flexibility index (Phi) is 7.17. The van der Waals surface area contributed by atoms with Crippen molar-refractivity contribution in [3.8, 4) is 0 Å². The standard InChI is InChI=1S/C16H19ClF2N4O5/c1-2-28-14(25)12(24)16(18,19)9-22(10-6-4-3-5-7-10)13-11(23(26)27)8-20-15(17)21-13/h8,10H,2-7,9H2,1H3. The van der Waals surface area contributed by atoms with Crippen LogP contribution in [-0.4, -0.2) is 51.8 Å². The molecular weight excluding hydrogens is 402 g/mol. The van der Waals surface area contributed by atoms with Gasteiger partial charge in [0, 0.05) is 6.04 Å². The van der Waals surface area contributed by atoms with Crippen LogP contribution in [0, 0.1) is 10.1 Å². The number of carbonyl (C=O) groups is 2. The van der Waals surface area contributed by atoms with Gasteiger partial charge in [-0.05, 0) is 31.4 Å². The Morgan fingerprint density at radius 1 is 1.39 bits per heavy atom. The lowest BCUT2D eigenvalue weighted by Gasteiger charge is -2.36. The van der Waals surface area contributed by atoms with Crippen LogP contribution < -0.4 is 4.90 Å². The maximum atomic E-state index is 14.6. The number of hydrogen-bond acceptors (Lipinski definition) is 8. The quantitative estimate of drug-likeness (QED) is 0.207. The van der Waals surface area contributed by atoms with Gasteiger partial charge >= 0.3 is 23.4 Å². The van der Waals surface area contributed by atoms with Gasteiger partial charge in [-0.2, -0.15) is 13.8 Å². The van der Waals surface area contributed by atoms with E-state index in [4.69, 9.17) is 11.6 Å². The first-order valence-electron chi connectivity index (χ1n) is 8.70. The van der Waals surface area contributed by atoms with E-state index in [1.165, 1.54) is 6.92 Å². The largest absolute Gasteiger partial charge is 0.460 e. The number of ketones is 1. The summed E-state index contributed by atoms with van der Waals surface area (Å²) in [5.74, 6) is -8.22. The number of Topliss-reactive ketones (excluding diaryl/α,β-unsaturated/α-hetero) is 1.